The van der Waals surface area contributed by atoms with Crippen LogP contribution in [0.1, 0.15) is 38.2 Å². The zero-order chi connectivity index (χ0) is 13.8. The van der Waals surface area contributed by atoms with Crippen LogP contribution in [-0.4, -0.2) is 24.4 Å². The summed E-state index contributed by atoms with van der Waals surface area (Å²) in [6.45, 7) is 1.78. The zero-order valence-corrected chi connectivity index (χ0v) is 13.1. The van der Waals surface area contributed by atoms with Crippen LogP contribution in [0.3, 0.4) is 0 Å². The van der Waals surface area contributed by atoms with Gasteiger partial charge in [0.25, 0.3) is 0 Å². The molecule has 1 aromatic carbocycles. The maximum Gasteiger partial charge on any atom is 0.175 e. The summed E-state index contributed by atoms with van der Waals surface area (Å²) in [5.41, 5.74) is 1.04. The molecular weight excluding hydrogens is 308 g/mol. The first-order valence-corrected chi connectivity index (χ1v) is 7.60. The van der Waals surface area contributed by atoms with E-state index in [0.29, 0.717) is 12.5 Å². The maximum atomic E-state index is 9.47. The van der Waals surface area contributed by atoms with Gasteiger partial charge in [-0.15, -0.1) is 0 Å². The van der Waals surface area contributed by atoms with E-state index >= 15 is 0 Å². The SMILES string of the molecule is COc1cc(CC(C)O)cc(Br)c1OC1CCCC1. The monoisotopic (exact) mass is 328 g/mol. The first kappa shape index (κ1) is 14.7. The average molecular weight is 329 g/mol. The highest BCUT2D eigenvalue weighted by Gasteiger charge is 2.20. The molecule has 1 aliphatic rings. The van der Waals surface area contributed by atoms with Gasteiger partial charge in [0.1, 0.15) is 0 Å². The smallest absolute Gasteiger partial charge is 0.175 e. The standard InChI is InChI=1S/C15H21BrO3/c1-10(17)7-11-8-13(16)15(14(9-11)18-2)19-12-5-3-4-6-12/h8-10,12,17H,3-7H2,1-2H3. The minimum atomic E-state index is -0.363. The van der Waals surface area contributed by atoms with Crippen molar-refractivity contribution in [1.82, 2.24) is 0 Å². The molecule has 106 valence electrons. The van der Waals surface area contributed by atoms with Crippen molar-refractivity contribution in [3.05, 3.63) is 22.2 Å². The van der Waals surface area contributed by atoms with Gasteiger partial charge < -0.3 is 14.6 Å². The lowest BCUT2D eigenvalue weighted by molar-refractivity contribution is 0.193. The van der Waals surface area contributed by atoms with Crippen molar-refractivity contribution in [2.45, 2.75) is 51.2 Å². The molecule has 3 nitrogen and oxygen atoms in total. The van der Waals surface area contributed by atoms with Gasteiger partial charge in [0.05, 0.1) is 23.8 Å². The number of hydrogen-bond donors (Lipinski definition) is 1. The molecule has 2 rings (SSSR count). The molecule has 1 N–H and O–H groups in total. The minimum Gasteiger partial charge on any atom is -0.493 e. The Hall–Kier alpha value is -0.740. The predicted octanol–water partition coefficient (Wildman–Crippen LogP) is 3.70. The van der Waals surface area contributed by atoms with Crippen LogP contribution in [0.2, 0.25) is 0 Å². The van der Waals surface area contributed by atoms with Crippen LogP contribution >= 0.6 is 15.9 Å². The lowest BCUT2D eigenvalue weighted by atomic mass is 10.1. The average Bonchev–Trinajstić information content (AvgIpc) is 2.84. The largest absolute Gasteiger partial charge is 0.493 e. The lowest BCUT2D eigenvalue weighted by Gasteiger charge is -2.18. The number of hydrogen-bond acceptors (Lipinski definition) is 3. The molecule has 0 aromatic heterocycles. The summed E-state index contributed by atoms with van der Waals surface area (Å²) < 4.78 is 12.4. The van der Waals surface area contributed by atoms with E-state index in [1.165, 1.54) is 12.8 Å². The number of aliphatic hydroxyl groups excluding tert-OH is 1. The van der Waals surface area contributed by atoms with Gasteiger partial charge in [-0.3, -0.25) is 0 Å². The fourth-order valence-corrected chi connectivity index (χ4v) is 3.10. The second-order valence-corrected chi connectivity index (χ2v) is 6.04. The van der Waals surface area contributed by atoms with E-state index in [0.717, 1.165) is 34.4 Å². The molecule has 19 heavy (non-hydrogen) atoms. The first-order valence-electron chi connectivity index (χ1n) is 6.81. The molecule has 1 atom stereocenters. The lowest BCUT2D eigenvalue weighted by Crippen LogP contribution is -2.12. The van der Waals surface area contributed by atoms with Crippen LogP contribution < -0.4 is 9.47 Å². The van der Waals surface area contributed by atoms with Crippen molar-refractivity contribution in [1.29, 1.82) is 0 Å². The van der Waals surface area contributed by atoms with Gasteiger partial charge in [0, 0.05) is 0 Å². The molecular formula is C15H21BrO3. The molecule has 0 radical (unpaired) electrons. The fraction of sp³-hybridized carbons (Fsp3) is 0.600. The van der Waals surface area contributed by atoms with E-state index < -0.39 is 0 Å². The summed E-state index contributed by atoms with van der Waals surface area (Å²) >= 11 is 3.55. The summed E-state index contributed by atoms with van der Waals surface area (Å²) in [6.07, 6.45) is 5.26. The number of ether oxygens (including phenoxy) is 2. The number of halogens is 1. The number of rotatable bonds is 5. The molecule has 0 amide bonds. The highest BCUT2D eigenvalue weighted by molar-refractivity contribution is 9.10. The van der Waals surface area contributed by atoms with Crippen molar-refractivity contribution < 1.29 is 14.6 Å². The normalized spacial score (nSPS) is 17.5. The summed E-state index contributed by atoms with van der Waals surface area (Å²) in [7, 11) is 1.65. The van der Waals surface area contributed by atoms with E-state index in [-0.39, 0.29) is 6.10 Å². The van der Waals surface area contributed by atoms with E-state index in [1.807, 2.05) is 12.1 Å². The third kappa shape index (κ3) is 3.86. The Bertz CT molecular complexity index is 426. The minimum absolute atomic E-state index is 0.299. The van der Waals surface area contributed by atoms with Crippen molar-refractivity contribution >= 4 is 15.9 Å². The molecule has 1 saturated carbocycles. The van der Waals surface area contributed by atoms with Crippen LogP contribution in [-0.2, 0) is 6.42 Å². The van der Waals surface area contributed by atoms with Gasteiger partial charge in [-0.05, 0) is 72.7 Å². The fourth-order valence-electron chi connectivity index (χ4n) is 2.52. The number of benzene rings is 1. The van der Waals surface area contributed by atoms with Crippen LogP contribution in [0.5, 0.6) is 11.5 Å². The molecule has 1 aliphatic carbocycles. The maximum absolute atomic E-state index is 9.47. The van der Waals surface area contributed by atoms with Gasteiger partial charge in [-0.1, -0.05) is 0 Å². The van der Waals surface area contributed by atoms with Crippen molar-refractivity contribution in [2.24, 2.45) is 0 Å². The van der Waals surface area contributed by atoms with Crippen molar-refractivity contribution in [3.63, 3.8) is 0 Å². The van der Waals surface area contributed by atoms with Crippen LogP contribution in [0.25, 0.3) is 0 Å². The topological polar surface area (TPSA) is 38.7 Å². The quantitative estimate of drug-likeness (QED) is 0.895. The second-order valence-electron chi connectivity index (χ2n) is 5.19. The van der Waals surface area contributed by atoms with Crippen LogP contribution in [0.15, 0.2) is 16.6 Å². The van der Waals surface area contributed by atoms with E-state index in [9.17, 15) is 5.11 Å². The van der Waals surface area contributed by atoms with Crippen molar-refractivity contribution in [3.8, 4) is 11.5 Å². The molecule has 1 aromatic rings. The molecule has 0 saturated heterocycles. The second kappa shape index (κ2) is 6.62. The Morgan fingerprint density at radius 2 is 2.05 bits per heavy atom. The molecule has 1 fully saturated rings. The number of aliphatic hydroxyl groups is 1. The molecule has 1 unspecified atom stereocenters. The summed E-state index contributed by atoms with van der Waals surface area (Å²) in [5.74, 6) is 1.51. The highest BCUT2D eigenvalue weighted by Crippen LogP contribution is 2.39. The Kier molecular flexibility index (Phi) is 5.11. The summed E-state index contributed by atoms with van der Waals surface area (Å²) in [6, 6.07) is 3.95. The molecule has 0 bridgehead atoms. The van der Waals surface area contributed by atoms with Gasteiger partial charge in [0.15, 0.2) is 11.5 Å². The van der Waals surface area contributed by atoms with Crippen LogP contribution in [0.4, 0.5) is 0 Å². The summed E-state index contributed by atoms with van der Waals surface area (Å²) in [4.78, 5) is 0. The number of methoxy groups -OCH3 is 1. The highest BCUT2D eigenvalue weighted by atomic mass is 79.9. The van der Waals surface area contributed by atoms with Crippen LogP contribution in [0, 0.1) is 0 Å². The Balaban J connectivity index is 2.21. The van der Waals surface area contributed by atoms with E-state index in [2.05, 4.69) is 15.9 Å². The third-order valence-corrected chi connectivity index (χ3v) is 4.00. The van der Waals surface area contributed by atoms with Gasteiger partial charge in [0.2, 0.25) is 0 Å². The molecule has 0 heterocycles. The van der Waals surface area contributed by atoms with E-state index in [1.54, 1.807) is 14.0 Å². The molecule has 0 aliphatic heterocycles. The first-order chi connectivity index (χ1) is 9.10. The van der Waals surface area contributed by atoms with Gasteiger partial charge in [-0.2, -0.15) is 0 Å². The Morgan fingerprint density at radius 3 is 2.63 bits per heavy atom. The zero-order valence-electron chi connectivity index (χ0n) is 11.5. The Morgan fingerprint density at radius 1 is 1.37 bits per heavy atom. The van der Waals surface area contributed by atoms with Gasteiger partial charge in [-0.25, -0.2) is 0 Å². The van der Waals surface area contributed by atoms with Gasteiger partial charge >= 0.3 is 0 Å². The Labute approximate surface area is 123 Å². The predicted molar refractivity (Wildman–Crippen MR) is 79.0 cm³/mol. The molecule has 0 spiro atoms. The van der Waals surface area contributed by atoms with Crippen molar-refractivity contribution in [2.75, 3.05) is 7.11 Å². The van der Waals surface area contributed by atoms with E-state index in [4.69, 9.17) is 9.47 Å². The third-order valence-electron chi connectivity index (χ3n) is 3.41. The molecule has 4 heteroatoms. The summed E-state index contributed by atoms with van der Waals surface area (Å²) in [5, 5.41) is 9.47.